The molecule has 0 aromatic carbocycles. The van der Waals surface area contributed by atoms with E-state index < -0.39 is 221 Å². The molecule has 0 spiro atoms. The summed E-state index contributed by atoms with van der Waals surface area (Å²) in [4.78, 5) is 118. The number of carbonyl (C=O) groups is 11. The molecule has 0 aliphatic rings. The summed E-state index contributed by atoms with van der Waals surface area (Å²) in [6, 6.07) is 0.666. The molecule has 0 aliphatic heterocycles. The van der Waals surface area contributed by atoms with Crippen LogP contribution in [0.4, 0.5) is 30.7 Å². The number of aliphatic hydroxyl groups excluding tert-OH is 14. The van der Waals surface area contributed by atoms with E-state index in [0.29, 0.717) is 64.8 Å². The first kappa shape index (κ1) is 150. The first-order valence-electron chi connectivity index (χ1n) is 40.8. The summed E-state index contributed by atoms with van der Waals surface area (Å²) in [5.41, 5.74) is -1.46. The maximum Gasteiger partial charge on any atom is 0.422 e. The Bertz CT molecular complexity index is 3480. The van der Waals surface area contributed by atoms with Crippen LogP contribution in [0.1, 0.15) is 135 Å². The summed E-state index contributed by atoms with van der Waals surface area (Å²) >= 11 is 5.25. The van der Waals surface area contributed by atoms with Crippen molar-refractivity contribution in [3.63, 3.8) is 0 Å². The second-order valence-electron chi connectivity index (χ2n) is 30.6. The van der Waals surface area contributed by atoms with Crippen LogP contribution in [0.3, 0.4) is 0 Å². The fourth-order valence-corrected chi connectivity index (χ4v) is 13.1. The number of ether oxygens (including phenoxy) is 11. The number of alkyl halides is 8. The minimum atomic E-state index is -4.99. The maximum atomic E-state index is 13.1. The van der Waals surface area contributed by atoms with Gasteiger partial charge >= 0.3 is 86.6 Å². The smallest absolute Gasteiger partial charge is 0.422 e. The lowest BCUT2D eigenvalue weighted by molar-refractivity contribution is -0.227. The third-order valence-electron chi connectivity index (χ3n) is 14.1. The van der Waals surface area contributed by atoms with Crippen molar-refractivity contribution in [1.82, 2.24) is 0 Å². The molecule has 9 unspecified atom stereocenters. The van der Waals surface area contributed by atoms with Crippen LogP contribution in [-0.4, -0.2) is 340 Å². The Kier molecular flexibility index (Phi) is 93.7. The number of esters is 11. The summed E-state index contributed by atoms with van der Waals surface area (Å²) in [5.74, 6) is -5.94. The second-order valence-corrected chi connectivity index (χ2v) is 39.1. The van der Waals surface area contributed by atoms with Gasteiger partial charge in [0.15, 0.2) is 15.1 Å². The Morgan fingerprint density at radius 2 is 0.610 bits per heavy atom. The Morgan fingerprint density at radius 1 is 0.360 bits per heavy atom. The van der Waals surface area contributed by atoms with Gasteiger partial charge in [0.05, 0.1) is 81.5 Å². The van der Waals surface area contributed by atoms with Gasteiger partial charge in [0.2, 0.25) is 5.67 Å². The lowest BCUT2D eigenvalue weighted by atomic mass is 9.93. The number of aliphatic hydroxyl groups is 14. The Labute approximate surface area is 799 Å². The monoisotopic (exact) mass is 2040 g/mol. The molecule has 14 N–H and O–H groups in total. The van der Waals surface area contributed by atoms with E-state index in [1.807, 2.05) is 13.5 Å². The van der Waals surface area contributed by atoms with Crippen molar-refractivity contribution in [1.29, 1.82) is 0 Å². The van der Waals surface area contributed by atoms with Gasteiger partial charge in [0.25, 0.3) is 0 Å². The minimum absolute atomic E-state index is 0.0210. The van der Waals surface area contributed by atoms with E-state index in [1.165, 1.54) is 41.5 Å². The van der Waals surface area contributed by atoms with E-state index in [-0.39, 0.29) is 94.2 Å². The van der Waals surface area contributed by atoms with Gasteiger partial charge in [-0.1, -0.05) is 79.3 Å². The Morgan fingerprint density at radius 3 is 0.831 bits per heavy atom. The van der Waals surface area contributed by atoms with E-state index in [1.54, 1.807) is 48.7 Å². The van der Waals surface area contributed by atoms with Crippen LogP contribution < -0.4 is 0 Å². The number of rotatable bonds is 49. The van der Waals surface area contributed by atoms with Crippen molar-refractivity contribution in [3.8, 4) is 0 Å². The van der Waals surface area contributed by atoms with Crippen molar-refractivity contribution in [2.75, 3.05) is 125 Å². The molecule has 0 saturated heterocycles. The van der Waals surface area contributed by atoms with Gasteiger partial charge in [-0.3, -0.25) is 0 Å². The van der Waals surface area contributed by atoms with Gasteiger partial charge in [-0.05, 0) is 154 Å². The first-order valence-corrected chi connectivity index (χ1v) is 47.2. The largest absolute Gasteiger partial charge is 0.461 e. The highest BCUT2D eigenvalue weighted by Gasteiger charge is 2.51. The third-order valence-corrected chi connectivity index (χ3v) is 20.7. The summed E-state index contributed by atoms with van der Waals surface area (Å²) in [7, 11) is -2.28. The van der Waals surface area contributed by atoms with Crippen molar-refractivity contribution >= 4 is 94.1 Å². The van der Waals surface area contributed by atoms with E-state index in [2.05, 4.69) is 135 Å². The van der Waals surface area contributed by atoms with Crippen molar-refractivity contribution in [2.45, 2.75) is 228 Å². The summed E-state index contributed by atoms with van der Waals surface area (Å²) in [5, 5.41) is 123. The second kappa shape index (κ2) is 85.1. The molecule has 48 heteroatoms. The van der Waals surface area contributed by atoms with Crippen molar-refractivity contribution in [3.05, 3.63) is 134 Å². The van der Waals surface area contributed by atoms with Crippen molar-refractivity contribution < 1.29 is 216 Å². The highest BCUT2D eigenvalue weighted by atomic mass is 35.5. The number of hydrogen-bond donors (Lipinski definition) is 14. The number of halogens is 8. The molecule has 0 radical (unpaired) electrons. The minimum Gasteiger partial charge on any atom is -0.461 e. The van der Waals surface area contributed by atoms with Crippen molar-refractivity contribution in [2.24, 2.45) is 5.41 Å². The average Bonchev–Trinajstić information content (AvgIpc) is 0.835. The lowest BCUT2D eigenvalue weighted by Crippen LogP contribution is -2.47. The summed E-state index contributed by atoms with van der Waals surface area (Å²) in [6.07, 6.45) is -17.5. The SMILES string of the molecule is C=C(C)C(=O)OCC(C)O.C=C(C)C(=O)OCC(CO)(CO)CO.C=C(C)C(=O)OCC(O)CC.C=C(C)C(=O)OCC(O)CCC(C)(F)C(F)(F)F.C=C(C)C(=O)OCC(O)CCC(F)(F)F.C=C(C)C(=O)OCC(O)CC[Si](C)(OC)O[Si](C)(C)C.C=C(C)C(=O)OCC(O)CCl.C=C(C)C(=O)OCC(O)CO.C=C(C)C(=O)OCCO.C=C(C)C(=O)OCCO.C=C(C)C(=O)OCO. The summed E-state index contributed by atoms with van der Waals surface area (Å²) < 4.78 is 146. The molecule has 9 atom stereocenters. The quantitative estimate of drug-likeness (QED) is 0.00529. The molecular weight excluding hydrogens is 1890 g/mol. The molecule has 794 valence electrons. The molecular formula is C88H150ClF7O38Si2. The van der Waals surface area contributed by atoms with Crippen LogP contribution in [0.25, 0.3) is 0 Å². The van der Waals surface area contributed by atoms with E-state index in [9.17, 15) is 93.7 Å². The van der Waals surface area contributed by atoms with Gasteiger partial charge < -0.3 is 132 Å². The molecule has 38 nitrogen and oxygen atoms in total. The molecule has 0 aromatic rings. The lowest BCUT2D eigenvalue weighted by Gasteiger charge is -2.33. The van der Waals surface area contributed by atoms with E-state index in [4.69, 9.17) is 90.9 Å². The highest BCUT2D eigenvalue weighted by molar-refractivity contribution is 6.81. The topological polar surface area (TPSA) is 591 Å². The fourth-order valence-electron chi connectivity index (χ4n) is 6.07. The summed E-state index contributed by atoms with van der Waals surface area (Å²) in [6.45, 7) is 61.8. The molecule has 0 rings (SSSR count). The van der Waals surface area contributed by atoms with Crippen LogP contribution >= 0.6 is 11.6 Å². The molecule has 0 fully saturated rings. The molecule has 0 bridgehead atoms. The highest BCUT2D eigenvalue weighted by Crippen LogP contribution is 2.37. The Hall–Kier alpha value is -9.10. The van der Waals surface area contributed by atoms with Gasteiger partial charge in [0.1, 0.15) is 78.3 Å². The zero-order chi connectivity index (χ0) is 110. The van der Waals surface area contributed by atoms with E-state index in [0.717, 1.165) is 0 Å². The zero-order valence-corrected chi connectivity index (χ0v) is 84.3. The van der Waals surface area contributed by atoms with Crippen LogP contribution in [0.15, 0.2) is 134 Å². The molecule has 0 amide bonds. The van der Waals surface area contributed by atoms with Gasteiger partial charge in [-0.15, -0.1) is 11.6 Å². The Balaban J connectivity index is -0.000000142. The molecule has 0 heterocycles. The predicted molar refractivity (Wildman–Crippen MR) is 492 cm³/mol. The molecule has 0 saturated carbocycles. The van der Waals surface area contributed by atoms with Crippen LogP contribution in [0, 0.1) is 5.41 Å². The third kappa shape index (κ3) is 101. The predicted octanol–water partition coefficient (Wildman–Crippen LogP) is 7.62. The fraction of sp³-hybridized carbons (Fsp3) is 0.625. The van der Waals surface area contributed by atoms with Gasteiger partial charge in [-0.2, -0.15) is 26.3 Å². The first-order chi connectivity index (χ1) is 62.0. The van der Waals surface area contributed by atoms with Gasteiger partial charge in [0, 0.05) is 74.8 Å². The maximum absolute atomic E-state index is 13.1. The normalized spacial score (nSPS) is 12.8. The van der Waals surface area contributed by atoms with Crippen LogP contribution in [-0.2, 0) is 113 Å². The number of hydrogen-bond acceptors (Lipinski definition) is 38. The van der Waals surface area contributed by atoms with Crippen LogP contribution in [0.2, 0.25) is 32.2 Å². The zero-order valence-electron chi connectivity index (χ0n) is 81.6. The van der Waals surface area contributed by atoms with Crippen LogP contribution in [0.5, 0.6) is 0 Å². The number of carbonyl (C=O) groups excluding carboxylic acids is 11. The average molecular weight is 2040 g/mol. The molecule has 0 aliphatic carbocycles. The standard InChI is InChI=1S/C13H28O5Si2.C11H16F4O3.C9H13F3O3.C9H16O5.C8H14O3.C7H11ClO3.C7H12O4.C7H12O3.2C6H10O3.C5H8O3/c1-11(2)13(15)17-10-12(14)8-9-20(7,16-3)18-19(4,5)6;1-7(2)9(17)18-6-8(16)4-5-10(3,12)11(13,14)15;1-6(2)8(14)15-5-7(13)3-4-9(10,11)12;1-7(2)8(13)14-6-9(3-10,4-11)5-12;1-4-7(9)5-11-8(10)6(2)3;2*1-5(2)7(10)11-4-6(9)3-8;1-5(2)7(9)10-4-6(3)8;2*1-5(2)6(8)9-4-3-7;1-4(2)5(7)8-3-6/h12,14H,1,8-10H2,2-7H3;8,16H,1,4-6H2,2-3H3;7,13H,1,3-5H2,2H3;10-12H,1,3-6H2,2H3;7,9H,2,4-5H2,1,3H3;6,9H,1,3-4H2,2H3;6,8-9H,1,3-4H2,2H3;6,8H,1,4H2,2-3H3;2*7H,1,3-4H2,2H3;6H,1,3H2,2H3. The van der Waals surface area contributed by atoms with E-state index >= 15 is 0 Å². The molecule has 0 aromatic heterocycles. The van der Waals surface area contributed by atoms with Gasteiger partial charge in [-0.25, -0.2) is 57.1 Å². The molecule has 136 heavy (non-hydrogen) atoms.